The van der Waals surface area contributed by atoms with Crippen LogP contribution in [0.2, 0.25) is 0 Å². The number of aromatic nitrogens is 2. The number of carbonyl (C=O) groups is 2. The van der Waals surface area contributed by atoms with E-state index in [2.05, 4.69) is 15.3 Å². The van der Waals surface area contributed by atoms with Crippen LogP contribution in [0.4, 0.5) is 10.1 Å². The Morgan fingerprint density at radius 2 is 1.83 bits per heavy atom. The van der Waals surface area contributed by atoms with Gasteiger partial charge in [0.2, 0.25) is 11.8 Å². The summed E-state index contributed by atoms with van der Waals surface area (Å²) in [7, 11) is 0. The van der Waals surface area contributed by atoms with Gasteiger partial charge in [0, 0.05) is 41.9 Å². The first-order chi connectivity index (χ1) is 13.9. The third-order valence-electron chi connectivity index (χ3n) is 5.71. The van der Waals surface area contributed by atoms with Crippen LogP contribution in [-0.2, 0) is 16.0 Å². The topological polar surface area (TPSA) is 75.2 Å². The van der Waals surface area contributed by atoms with Gasteiger partial charge in [-0.05, 0) is 45.2 Å². The molecule has 2 aromatic rings. The highest BCUT2D eigenvalue weighted by molar-refractivity contribution is 5.92. The number of amides is 2. The molecule has 2 heterocycles. The standard InChI is InChI=1S/C22H25FN4O2/c1-13-17(11-20(28)26-19-6-4-3-5-18(19)23)14(2)25-21(24-13)16-9-10-27(12-16)22(29)15-7-8-15/h3-6,15-16H,7-12H2,1-2H3,(H,26,28)/t16-/m0/s1. The number of benzene rings is 1. The average Bonchev–Trinajstić information content (AvgIpc) is 3.42. The van der Waals surface area contributed by atoms with Crippen LogP contribution in [-0.4, -0.2) is 39.8 Å². The molecule has 1 saturated heterocycles. The van der Waals surface area contributed by atoms with Gasteiger partial charge in [-0.1, -0.05) is 12.1 Å². The maximum absolute atomic E-state index is 13.7. The molecule has 1 aromatic carbocycles. The lowest BCUT2D eigenvalue weighted by Gasteiger charge is -2.17. The fraction of sp³-hybridized carbons (Fsp3) is 0.455. The molecular formula is C22H25FN4O2. The number of carbonyl (C=O) groups excluding carboxylic acids is 2. The maximum Gasteiger partial charge on any atom is 0.229 e. The van der Waals surface area contributed by atoms with Crippen LogP contribution in [0.5, 0.6) is 0 Å². The van der Waals surface area contributed by atoms with Crippen LogP contribution in [0.3, 0.4) is 0 Å². The molecule has 1 atom stereocenters. The van der Waals surface area contributed by atoms with Gasteiger partial charge < -0.3 is 10.2 Å². The summed E-state index contributed by atoms with van der Waals surface area (Å²) in [4.78, 5) is 35.9. The summed E-state index contributed by atoms with van der Waals surface area (Å²) in [6, 6.07) is 6.09. The van der Waals surface area contributed by atoms with Crippen molar-refractivity contribution in [1.82, 2.24) is 14.9 Å². The Bertz CT molecular complexity index is 935. The van der Waals surface area contributed by atoms with Crippen LogP contribution in [0.1, 0.15) is 48.0 Å². The Kier molecular flexibility index (Phi) is 5.30. The number of hydrogen-bond acceptors (Lipinski definition) is 4. The van der Waals surface area contributed by atoms with Crippen molar-refractivity contribution >= 4 is 17.5 Å². The average molecular weight is 396 g/mol. The van der Waals surface area contributed by atoms with Gasteiger partial charge in [-0.25, -0.2) is 14.4 Å². The molecule has 0 spiro atoms. The molecule has 7 heteroatoms. The SMILES string of the molecule is Cc1nc([C@H]2CCN(C(=O)C3CC3)C2)nc(C)c1CC(=O)Nc1ccccc1F. The zero-order chi connectivity index (χ0) is 20.5. The minimum Gasteiger partial charge on any atom is -0.342 e. The van der Waals surface area contributed by atoms with Crippen LogP contribution in [0.25, 0.3) is 0 Å². The molecule has 6 nitrogen and oxygen atoms in total. The molecule has 0 unspecified atom stereocenters. The number of nitrogens with zero attached hydrogens (tertiary/aromatic N) is 3. The zero-order valence-corrected chi connectivity index (χ0v) is 16.7. The Balaban J connectivity index is 1.44. The number of rotatable bonds is 5. The van der Waals surface area contributed by atoms with Crippen molar-refractivity contribution < 1.29 is 14.0 Å². The van der Waals surface area contributed by atoms with Crippen molar-refractivity contribution in [3.63, 3.8) is 0 Å². The predicted octanol–water partition coefficient (Wildman–Crippen LogP) is 3.14. The highest BCUT2D eigenvalue weighted by Gasteiger charge is 2.37. The third-order valence-corrected chi connectivity index (χ3v) is 5.71. The van der Waals surface area contributed by atoms with Crippen molar-refractivity contribution in [1.29, 1.82) is 0 Å². The summed E-state index contributed by atoms with van der Waals surface area (Å²) >= 11 is 0. The van der Waals surface area contributed by atoms with E-state index in [0.717, 1.165) is 48.6 Å². The summed E-state index contributed by atoms with van der Waals surface area (Å²) < 4.78 is 13.7. The van der Waals surface area contributed by atoms with Crippen LogP contribution < -0.4 is 5.32 Å². The van der Waals surface area contributed by atoms with Gasteiger partial charge in [0.15, 0.2) is 0 Å². The lowest BCUT2D eigenvalue weighted by Crippen LogP contribution is -2.29. The molecule has 1 N–H and O–H groups in total. The molecule has 2 aliphatic rings. The molecule has 0 radical (unpaired) electrons. The number of hydrogen-bond donors (Lipinski definition) is 1. The normalized spacial score (nSPS) is 18.7. The van der Waals surface area contributed by atoms with Crippen molar-refractivity contribution in [2.45, 2.75) is 45.4 Å². The first-order valence-electron chi connectivity index (χ1n) is 10.1. The summed E-state index contributed by atoms with van der Waals surface area (Å²) in [5, 5.41) is 2.60. The van der Waals surface area contributed by atoms with Crippen LogP contribution in [0.15, 0.2) is 24.3 Å². The molecule has 1 saturated carbocycles. The highest BCUT2D eigenvalue weighted by atomic mass is 19.1. The second-order valence-electron chi connectivity index (χ2n) is 7.98. The van der Waals surface area contributed by atoms with Gasteiger partial charge in [0.1, 0.15) is 11.6 Å². The zero-order valence-electron chi connectivity index (χ0n) is 16.7. The fourth-order valence-corrected chi connectivity index (χ4v) is 3.88. The second kappa shape index (κ2) is 7.89. The van der Waals surface area contributed by atoms with E-state index in [-0.39, 0.29) is 35.8 Å². The maximum atomic E-state index is 13.7. The van der Waals surface area contributed by atoms with E-state index in [0.29, 0.717) is 6.54 Å². The Morgan fingerprint density at radius 3 is 2.48 bits per heavy atom. The number of likely N-dealkylation sites (tertiary alicyclic amines) is 1. The fourth-order valence-electron chi connectivity index (χ4n) is 3.88. The molecule has 4 rings (SSSR count). The number of aryl methyl sites for hydroxylation is 2. The van der Waals surface area contributed by atoms with Crippen molar-refractivity contribution in [3.05, 3.63) is 52.9 Å². The lowest BCUT2D eigenvalue weighted by molar-refractivity contribution is -0.131. The Morgan fingerprint density at radius 1 is 1.14 bits per heavy atom. The number of halogens is 1. The molecule has 152 valence electrons. The van der Waals surface area contributed by atoms with Gasteiger partial charge >= 0.3 is 0 Å². The van der Waals surface area contributed by atoms with E-state index < -0.39 is 5.82 Å². The van der Waals surface area contributed by atoms with E-state index in [1.165, 1.54) is 12.1 Å². The monoisotopic (exact) mass is 396 g/mol. The molecule has 1 aliphatic carbocycles. The lowest BCUT2D eigenvalue weighted by atomic mass is 10.0. The van der Waals surface area contributed by atoms with E-state index in [4.69, 9.17) is 0 Å². The summed E-state index contributed by atoms with van der Waals surface area (Å²) in [5.74, 6) is 0.601. The number of para-hydroxylation sites is 1. The van der Waals surface area contributed by atoms with Gasteiger partial charge in [0.25, 0.3) is 0 Å². The van der Waals surface area contributed by atoms with Crippen molar-refractivity contribution in [3.8, 4) is 0 Å². The third kappa shape index (κ3) is 4.28. The molecule has 1 aromatic heterocycles. The predicted molar refractivity (Wildman–Crippen MR) is 107 cm³/mol. The van der Waals surface area contributed by atoms with Gasteiger partial charge in [-0.2, -0.15) is 0 Å². The number of nitrogens with one attached hydrogen (secondary N) is 1. The van der Waals surface area contributed by atoms with Crippen molar-refractivity contribution in [2.75, 3.05) is 18.4 Å². The largest absolute Gasteiger partial charge is 0.342 e. The van der Waals surface area contributed by atoms with Crippen LogP contribution in [0, 0.1) is 25.6 Å². The first-order valence-corrected chi connectivity index (χ1v) is 10.1. The van der Waals surface area contributed by atoms with Gasteiger partial charge in [-0.15, -0.1) is 0 Å². The second-order valence-corrected chi connectivity index (χ2v) is 7.98. The summed E-state index contributed by atoms with van der Waals surface area (Å²) in [6.45, 7) is 5.16. The van der Waals surface area contributed by atoms with E-state index in [9.17, 15) is 14.0 Å². The first kappa shape index (κ1) is 19.5. The molecule has 2 amide bonds. The Labute approximate surface area is 169 Å². The molecule has 0 bridgehead atoms. The summed E-state index contributed by atoms with van der Waals surface area (Å²) in [5.41, 5.74) is 2.43. The van der Waals surface area contributed by atoms with Crippen molar-refractivity contribution in [2.24, 2.45) is 5.92 Å². The minimum absolute atomic E-state index is 0.0865. The highest BCUT2D eigenvalue weighted by Crippen LogP contribution is 2.34. The van der Waals surface area contributed by atoms with E-state index in [1.54, 1.807) is 12.1 Å². The molecular weight excluding hydrogens is 371 g/mol. The smallest absolute Gasteiger partial charge is 0.229 e. The number of anilines is 1. The summed E-state index contributed by atoms with van der Waals surface area (Å²) in [6.07, 6.45) is 2.98. The molecule has 29 heavy (non-hydrogen) atoms. The quantitative estimate of drug-likeness (QED) is 0.843. The van der Waals surface area contributed by atoms with E-state index >= 15 is 0 Å². The molecule has 1 aliphatic heterocycles. The Hall–Kier alpha value is -2.83. The van der Waals surface area contributed by atoms with Gasteiger partial charge in [0.05, 0.1) is 12.1 Å². The van der Waals surface area contributed by atoms with Crippen LogP contribution >= 0.6 is 0 Å². The molecule has 2 fully saturated rings. The van der Waals surface area contributed by atoms with E-state index in [1.807, 2.05) is 18.7 Å². The minimum atomic E-state index is -0.465. The van der Waals surface area contributed by atoms with Gasteiger partial charge in [-0.3, -0.25) is 9.59 Å².